The Bertz CT molecular complexity index is 480. The van der Waals surface area contributed by atoms with Crippen LogP contribution >= 0.6 is 40.3 Å². The molecule has 2 rings (SSSR count). The normalized spacial score (nSPS) is 11.1. The Hall–Kier alpha value is -0.190. The molecule has 0 spiro atoms. The quantitative estimate of drug-likeness (QED) is 0.730. The Morgan fingerprint density at radius 3 is 3.00 bits per heavy atom. The van der Waals surface area contributed by atoms with Crippen LogP contribution in [0.3, 0.4) is 0 Å². The van der Waals surface area contributed by atoms with Gasteiger partial charge in [-0.2, -0.15) is 0 Å². The minimum absolute atomic E-state index is 0.707. The van der Waals surface area contributed by atoms with Crippen LogP contribution in [0, 0.1) is 6.92 Å². The molecule has 0 fully saturated rings. The van der Waals surface area contributed by atoms with Crippen molar-refractivity contribution < 1.29 is 0 Å². The van der Waals surface area contributed by atoms with E-state index in [9.17, 15) is 0 Å². The van der Waals surface area contributed by atoms with E-state index in [1.807, 2.05) is 13.0 Å². The Kier molecular flexibility index (Phi) is 2.30. The highest BCUT2D eigenvalue weighted by molar-refractivity contribution is 9.10. The van der Waals surface area contributed by atoms with Crippen LogP contribution in [0.5, 0.6) is 0 Å². The van der Waals surface area contributed by atoms with Crippen LogP contribution in [0.1, 0.15) is 5.69 Å². The highest BCUT2D eigenvalue weighted by atomic mass is 79.9. The second-order valence-electron chi connectivity index (χ2n) is 2.74. The molecule has 0 bridgehead atoms. The van der Waals surface area contributed by atoms with Crippen LogP contribution in [-0.4, -0.2) is 8.96 Å². The number of thiol groups is 1. The molecule has 0 saturated carbocycles. The summed E-state index contributed by atoms with van der Waals surface area (Å²) in [6.45, 7) is 1.91. The molecular formula is C8H6BrClN2S. The fourth-order valence-corrected chi connectivity index (χ4v) is 2.08. The minimum atomic E-state index is 0.707. The van der Waals surface area contributed by atoms with Crippen LogP contribution < -0.4 is 0 Å². The fraction of sp³-hybridized carbons (Fsp3) is 0.125. The van der Waals surface area contributed by atoms with Gasteiger partial charge in [0, 0.05) is 21.7 Å². The average molecular weight is 278 g/mol. The summed E-state index contributed by atoms with van der Waals surface area (Å²) in [6.07, 6.45) is 1.73. The zero-order chi connectivity index (χ0) is 9.59. The van der Waals surface area contributed by atoms with Gasteiger partial charge in [0.05, 0.1) is 5.02 Å². The lowest BCUT2D eigenvalue weighted by atomic mass is 10.3. The minimum Gasteiger partial charge on any atom is -0.273 e. The van der Waals surface area contributed by atoms with E-state index in [0.29, 0.717) is 5.02 Å². The third kappa shape index (κ3) is 1.37. The van der Waals surface area contributed by atoms with Crippen molar-refractivity contribution in [3.8, 4) is 0 Å². The molecule has 0 unspecified atom stereocenters. The maximum absolute atomic E-state index is 6.09. The van der Waals surface area contributed by atoms with Gasteiger partial charge in [-0.25, -0.2) is 4.98 Å². The Morgan fingerprint density at radius 1 is 1.62 bits per heavy atom. The average Bonchev–Trinajstić information content (AvgIpc) is 2.32. The van der Waals surface area contributed by atoms with Crippen molar-refractivity contribution in [3.05, 3.63) is 27.5 Å². The SMILES string of the molecule is Cc1c(Cl)c2cc(Br)cnc2n1S. The van der Waals surface area contributed by atoms with Gasteiger partial charge in [0.2, 0.25) is 0 Å². The van der Waals surface area contributed by atoms with Gasteiger partial charge in [-0.3, -0.25) is 3.97 Å². The standard InChI is InChI=1S/C8H6BrClN2S/c1-4-7(10)6-2-5(9)3-11-8(6)12(4)13/h2-3,13H,1H3. The summed E-state index contributed by atoms with van der Waals surface area (Å²) in [6, 6.07) is 1.93. The van der Waals surface area contributed by atoms with Crippen molar-refractivity contribution in [1.29, 1.82) is 0 Å². The largest absolute Gasteiger partial charge is 0.273 e. The number of halogens is 2. The summed E-state index contributed by atoms with van der Waals surface area (Å²) >= 11 is 13.7. The summed E-state index contributed by atoms with van der Waals surface area (Å²) < 4.78 is 2.60. The first-order valence-corrected chi connectivity index (χ1v) is 5.19. The Morgan fingerprint density at radius 2 is 2.31 bits per heavy atom. The predicted octanol–water partition coefficient (Wildman–Crippen LogP) is 3.45. The van der Waals surface area contributed by atoms with E-state index in [2.05, 4.69) is 33.7 Å². The van der Waals surface area contributed by atoms with Crippen LogP contribution in [0.15, 0.2) is 16.7 Å². The lowest BCUT2D eigenvalue weighted by Crippen LogP contribution is -1.84. The monoisotopic (exact) mass is 276 g/mol. The van der Waals surface area contributed by atoms with Crippen LogP contribution in [0.25, 0.3) is 11.0 Å². The van der Waals surface area contributed by atoms with E-state index < -0.39 is 0 Å². The molecule has 0 aliphatic heterocycles. The zero-order valence-corrected chi connectivity index (χ0v) is 9.99. The fourth-order valence-electron chi connectivity index (χ4n) is 1.21. The van der Waals surface area contributed by atoms with Gasteiger partial charge in [-0.15, -0.1) is 0 Å². The molecule has 2 heterocycles. The van der Waals surface area contributed by atoms with Crippen molar-refractivity contribution in [2.24, 2.45) is 0 Å². The van der Waals surface area contributed by atoms with E-state index in [4.69, 9.17) is 11.6 Å². The molecule has 0 atom stereocenters. The number of nitrogens with zero attached hydrogens (tertiary/aromatic N) is 2. The molecule has 2 aromatic rings. The van der Waals surface area contributed by atoms with Gasteiger partial charge < -0.3 is 0 Å². The van der Waals surface area contributed by atoms with E-state index in [1.54, 1.807) is 10.2 Å². The number of aromatic nitrogens is 2. The van der Waals surface area contributed by atoms with Gasteiger partial charge >= 0.3 is 0 Å². The van der Waals surface area contributed by atoms with E-state index in [-0.39, 0.29) is 0 Å². The molecule has 0 aliphatic rings. The molecule has 5 heteroatoms. The molecule has 0 amide bonds. The smallest absolute Gasteiger partial charge is 0.151 e. The summed E-state index contributed by atoms with van der Waals surface area (Å²) in [5.41, 5.74) is 1.69. The lowest BCUT2D eigenvalue weighted by Gasteiger charge is -1.94. The second kappa shape index (κ2) is 3.19. The molecule has 0 aliphatic carbocycles. The van der Waals surface area contributed by atoms with Crippen LogP contribution in [-0.2, 0) is 0 Å². The van der Waals surface area contributed by atoms with Crippen molar-refractivity contribution in [3.63, 3.8) is 0 Å². The highest BCUT2D eigenvalue weighted by Crippen LogP contribution is 2.30. The number of hydrogen-bond acceptors (Lipinski definition) is 2. The zero-order valence-electron chi connectivity index (χ0n) is 6.75. The van der Waals surface area contributed by atoms with Crippen molar-refractivity contribution in [2.75, 3.05) is 0 Å². The first kappa shape index (κ1) is 9.37. The molecule has 2 nitrogen and oxygen atoms in total. The van der Waals surface area contributed by atoms with Gasteiger partial charge in [0.1, 0.15) is 0 Å². The van der Waals surface area contributed by atoms with E-state index in [0.717, 1.165) is 21.2 Å². The van der Waals surface area contributed by atoms with Crippen molar-refractivity contribution in [2.45, 2.75) is 6.92 Å². The van der Waals surface area contributed by atoms with Crippen molar-refractivity contribution >= 4 is 51.4 Å². The molecule has 13 heavy (non-hydrogen) atoms. The topological polar surface area (TPSA) is 17.8 Å². The number of fused-ring (bicyclic) bond motifs is 1. The summed E-state index contributed by atoms with van der Waals surface area (Å²) in [7, 11) is 0. The van der Waals surface area contributed by atoms with Crippen LogP contribution in [0.2, 0.25) is 5.02 Å². The van der Waals surface area contributed by atoms with E-state index in [1.165, 1.54) is 0 Å². The molecule has 0 N–H and O–H groups in total. The maximum Gasteiger partial charge on any atom is 0.151 e. The number of pyridine rings is 1. The predicted molar refractivity (Wildman–Crippen MR) is 61.6 cm³/mol. The molecular weight excluding hydrogens is 272 g/mol. The van der Waals surface area contributed by atoms with E-state index >= 15 is 0 Å². The molecule has 2 aromatic heterocycles. The molecule has 0 aromatic carbocycles. The summed E-state index contributed by atoms with van der Waals surface area (Å²) in [5, 5.41) is 1.63. The lowest BCUT2D eigenvalue weighted by molar-refractivity contribution is 1.18. The summed E-state index contributed by atoms with van der Waals surface area (Å²) in [4.78, 5) is 4.22. The van der Waals surface area contributed by atoms with Crippen LogP contribution in [0.4, 0.5) is 0 Å². The van der Waals surface area contributed by atoms with Gasteiger partial charge in [-0.05, 0) is 28.9 Å². The number of hydrogen-bond donors (Lipinski definition) is 1. The molecule has 68 valence electrons. The highest BCUT2D eigenvalue weighted by Gasteiger charge is 2.11. The third-order valence-electron chi connectivity index (χ3n) is 1.91. The Labute approximate surface area is 94.6 Å². The van der Waals surface area contributed by atoms with Gasteiger partial charge in [0.25, 0.3) is 0 Å². The first-order valence-electron chi connectivity index (χ1n) is 3.62. The molecule has 0 saturated heterocycles. The summed E-state index contributed by atoms with van der Waals surface area (Å²) in [5.74, 6) is 0. The third-order valence-corrected chi connectivity index (χ3v) is 3.31. The molecule has 0 radical (unpaired) electrons. The van der Waals surface area contributed by atoms with Crippen molar-refractivity contribution in [1.82, 2.24) is 8.96 Å². The number of rotatable bonds is 0. The van der Waals surface area contributed by atoms with Gasteiger partial charge in [-0.1, -0.05) is 24.4 Å². The maximum atomic E-state index is 6.09. The second-order valence-corrected chi connectivity index (χ2v) is 4.43. The first-order chi connectivity index (χ1) is 6.11. The van der Waals surface area contributed by atoms with Gasteiger partial charge in [0.15, 0.2) is 5.65 Å². The Balaban J connectivity index is 2.95.